The summed E-state index contributed by atoms with van der Waals surface area (Å²) in [5, 5.41) is 9.07. The lowest BCUT2D eigenvalue weighted by Gasteiger charge is -2.23. The molecule has 0 heterocycles. The second-order valence-electron chi connectivity index (χ2n) is 5.01. The first-order valence-electron chi connectivity index (χ1n) is 6.30. The largest absolute Gasteiger partial charge is 0.392 e. The van der Waals surface area contributed by atoms with Gasteiger partial charge in [0.05, 0.1) is 6.61 Å². The van der Waals surface area contributed by atoms with Crippen LogP contribution in [0.5, 0.6) is 0 Å². The van der Waals surface area contributed by atoms with Crippen LogP contribution in [0.3, 0.4) is 0 Å². The number of halogens is 1. The zero-order valence-electron chi connectivity index (χ0n) is 10.3. The van der Waals surface area contributed by atoms with E-state index in [0.29, 0.717) is 5.56 Å². The number of benzene rings is 1. The lowest BCUT2D eigenvalue weighted by Crippen LogP contribution is -2.24. The summed E-state index contributed by atoms with van der Waals surface area (Å²) >= 11 is 0. The van der Waals surface area contributed by atoms with E-state index in [-0.39, 0.29) is 12.4 Å². The Balaban J connectivity index is 2.06. The minimum atomic E-state index is -0.273. The van der Waals surface area contributed by atoms with Crippen LogP contribution in [0.4, 0.5) is 10.1 Å². The Kier molecular flexibility index (Phi) is 4.00. The van der Waals surface area contributed by atoms with Crippen molar-refractivity contribution in [3.8, 4) is 0 Å². The molecule has 1 aromatic rings. The van der Waals surface area contributed by atoms with Crippen LogP contribution in [0.25, 0.3) is 0 Å². The Hall–Kier alpha value is -1.09. The van der Waals surface area contributed by atoms with Crippen LogP contribution in [0.1, 0.15) is 31.2 Å². The molecular weight excluding hydrogens is 217 g/mol. The lowest BCUT2D eigenvalue weighted by atomic mass is 10.1. The third kappa shape index (κ3) is 3.19. The highest BCUT2D eigenvalue weighted by molar-refractivity contribution is 5.48. The molecule has 1 aliphatic rings. The molecule has 0 aliphatic heterocycles. The van der Waals surface area contributed by atoms with E-state index in [0.717, 1.165) is 18.2 Å². The van der Waals surface area contributed by atoms with Gasteiger partial charge in [0.2, 0.25) is 0 Å². The summed E-state index contributed by atoms with van der Waals surface area (Å²) in [6, 6.07) is 4.78. The van der Waals surface area contributed by atoms with Crippen molar-refractivity contribution < 1.29 is 9.50 Å². The van der Waals surface area contributed by atoms with Gasteiger partial charge in [0, 0.05) is 19.3 Å². The molecule has 17 heavy (non-hydrogen) atoms. The van der Waals surface area contributed by atoms with Crippen LogP contribution in [-0.4, -0.2) is 18.7 Å². The zero-order valence-corrected chi connectivity index (χ0v) is 10.3. The predicted molar refractivity (Wildman–Crippen MR) is 67.6 cm³/mol. The summed E-state index contributed by atoms with van der Waals surface area (Å²) in [4.78, 5) is 2.10. The van der Waals surface area contributed by atoms with Crippen molar-refractivity contribution in [1.29, 1.82) is 0 Å². The van der Waals surface area contributed by atoms with Crippen molar-refractivity contribution >= 4 is 5.69 Å². The van der Waals surface area contributed by atoms with Gasteiger partial charge >= 0.3 is 0 Å². The maximum absolute atomic E-state index is 13.4. The second kappa shape index (κ2) is 5.50. The maximum Gasteiger partial charge on any atom is 0.125 e. The highest BCUT2D eigenvalue weighted by atomic mass is 19.1. The van der Waals surface area contributed by atoms with Crippen LogP contribution >= 0.6 is 0 Å². The summed E-state index contributed by atoms with van der Waals surface area (Å²) in [6.07, 6.45) is 5.21. The minimum absolute atomic E-state index is 0.109. The molecule has 1 aliphatic carbocycles. The number of rotatable bonds is 4. The molecule has 0 saturated heterocycles. The van der Waals surface area contributed by atoms with E-state index in [1.165, 1.54) is 37.8 Å². The molecule has 0 amide bonds. The average molecular weight is 237 g/mol. The predicted octanol–water partition coefficient (Wildman–Crippen LogP) is 2.94. The Labute approximate surface area is 102 Å². The first kappa shape index (κ1) is 12.4. The third-order valence-electron chi connectivity index (χ3n) is 3.57. The van der Waals surface area contributed by atoms with E-state index in [1.807, 2.05) is 13.1 Å². The van der Waals surface area contributed by atoms with Gasteiger partial charge in [0.25, 0.3) is 0 Å². The van der Waals surface area contributed by atoms with Crippen LogP contribution in [0.2, 0.25) is 0 Å². The van der Waals surface area contributed by atoms with Gasteiger partial charge in [0.15, 0.2) is 0 Å². The Morgan fingerprint density at radius 1 is 1.29 bits per heavy atom. The highest BCUT2D eigenvalue weighted by Gasteiger charge is 2.17. The standard InChI is InChI=1S/C14H20FNO/c1-16(9-11-4-2-3-5-11)14-7-12(10-17)6-13(15)8-14/h6-8,11,17H,2-5,9-10H2,1H3. The SMILES string of the molecule is CN(CC1CCCC1)c1cc(F)cc(CO)c1. The molecular formula is C14H20FNO. The molecule has 0 spiro atoms. The van der Waals surface area contributed by atoms with Crippen molar-refractivity contribution in [3.63, 3.8) is 0 Å². The fraction of sp³-hybridized carbons (Fsp3) is 0.571. The quantitative estimate of drug-likeness (QED) is 0.870. The Morgan fingerprint density at radius 3 is 2.65 bits per heavy atom. The number of aliphatic hydroxyl groups is 1. The molecule has 0 unspecified atom stereocenters. The summed E-state index contributed by atoms with van der Waals surface area (Å²) in [5.74, 6) is 0.464. The second-order valence-corrected chi connectivity index (χ2v) is 5.01. The van der Waals surface area contributed by atoms with Gasteiger partial charge in [-0.2, -0.15) is 0 Å². The van der Waals surface area contributed by atoms with E-state index in [9.17, 15) is 4.39 Å². The summed E-state index contributed by atoms with van der Waals surface area (Å²) < 4.78 is 13.4. The highest BCUT2D eigenvalue weighted by Crippen LogP contribution is 2.27. The van der Waals surface area contributed by atoms with E-state index >= 15 is 0 Å². The third-order valence-corrected chi connectivity index (χ3v) is 3.57. The molecule has 2 rings (SSSR count). The maximum atomic E-state index is 13.4. The van der Waals surface area contributed by atoms with E-state index in [1.54, 1.807) is 0 Å². The van der Waals surface area contributed by atoms with Crippen molar-refractivity contribution in [2.24, 2.45) is 5.92 Å². The molecule has 1 N–H and O–H groups in total. The molecule has 2 nitrogen and oxygen atoms in total. The smallest absolute Gasteiger partial charge is 0.125 e. The van der Waals surface area contributed by atoms with Gasteiger partial charge in [-0.25, -0.2) is 4.39 Å². The summed E-state index contributed by atoms with van der Waals surface area (Å²) in [7, 11) is 1.99. The number of hydrogen-bond donors (Lipinski definition) is 1. The number of aliphatic hydroxyl groups excluding tert-OH is 1. The first-order chi connectivity index (χ1) is 8.19. The van der Waals surface area contributed by atoms with Crippen LogP contribution in [0, 0.1) is 11.7 Å². The van der Waals surface area contributed by atoms with Crippen molar-refractivity contribution in [1.82, 2.24) is 0 Å². The van der Waals surface area contributed by atoms with Crippen LogP contribution in [-0.2, 0) is 6.61 Å². The van der Waals surface area contributed by atoms with E-state index < -0.39 is 0 Å². The van der Waals surface area contributed by atoms with Crippen molar-refractivity contribution in [3.05, 3.63) is 29.6 Å². The average Bonchev–Trinajstić information content (AvgIpc) is 2.81. The van der Waals surface area contributed by atoms with Crippen molar-refractivity contribution in [2.45, 2.75) is 32.3 Å². The topological polar surface area (TPSA) is 23.5 Å². The number of hydrogen-bond acceptors (Lipinski definition) is 2. The lowest BCUT2D eigenvalue weighted by molar-refractivity contribution is 0.281. The normalized spacial score (nSPS) is 16.4. The molecule has 0 aromatic heterocycles. The fourth-order valence-electron chi connectivity index (χ4n) is 2.63. The molecule has 0 atom stereocenters. The molecule has 0 radical (unpaired) electrons. The van der Waals surface area contributed by atoms with Crippen molar-refractivity contribution in [2.75, 3.05) is 18.5 Å². The van der Waals surface area contributed by atoms with Gasteiger partial charge < -0.3 is 10.0 Å². The van der Waals surface area contributed by atoms with Crippen LogP contribution < -0.4 is 4.90 Å². The summed E-state index contributed by atoms with van der Waals surface area (Å²) in [5.41, 5.74) is 1.50. The van der Waals surface area contributed by atoms with Crippen LogP contribution in [0.15, 0.2) is 18.2 Å². The first-order valence-corrected chi connectivity index (χ1v) is 6.30. The number of anilines is 1. The molecule has 0 bridgehead atoms. The summed E-state index contributed by atoms with van der Waals surface area (Å²) in [6.45, 7) is 0.871. The Morgan fingerprint density at radius 2 is 2.00 bits per heavy atom. The number of nitrogens with zero attached hydrogens (tertiary/aromatic N) is 1. The van der Waals surface area contributed by atoms with Gasteiger partial charge in [-0.05, 0) is 42.5 Å². The molecule has 1 fully saturated rings. The minimum Gasteiger partial charge on any atom is -0.392 e. The Bertz CT molecular complexity index is 374. The molecule has 94 valence electrons. The molecule has 1 saturated carbocycles. The van der Waals surface area contributed by atoms with Gasteiger partial charge in [0.1, 0.15) is 5.82 Å². The fourth-order valence-corrected chi connectivity index (χ4v) is 2.63. The molecule has 1 aromatic carbocycles. The monoisotopic (exact) mass is 237 g/mol. The van der Waals surface area contributed by atoms with Gasteiger partial charge in [-0.1, -0.05) is 12.8 Å². The zero-order chi connectivity index (χ0) is 12.3. The van der Waals surface area contributed by atoms with E-state index in [2.05, 4.69) is 4.90 Å². The van der Waals surface area contributed by atoms with Gasteiger partial charge in [-0.15, -0.1) is 0 Å². The van der Waals surface area contributed by atoms with Gasteiger partial charge in [-0.3, -0.25) is 0 Å². The van der Waals surface area contributed by atoms with E-state index in [4.69, 9.17) is 5.11 Å². The molecule has 3 heteroatoms.